The summed E-state index contributed by atoms with van der Waals surface area (Å²) >= 11 is 5.82. The molecule has 2 aromatic rings. The third-order valence-electron chi connectivity index (χ3n) is 4.33. The predicted molar refractivity (Wildman–Crippen MR) is 94.8 cm³/mol. The first-order valence-electron chi connectivity index (χ1n) is 8.26. The van der Waals surface area contributed by atoms with Crippen molar-refractivity contribution in [1.82, 2.24) is 14.9 Å². The van der Waals surface area contributed by atoms with E-state index in [1.54, 1.807) is 6.07 Å². The van der Waals surface area contributed by atoms with E-state index in [9.17, 15) is 9.18 Å². The summed E-state index contributed by atoms with van der Waals surface area (Å²) in [5.41, 5.74) is 1.47. The summed E-state index contributed by atoms with van der Waals surface area (Å²) < 4.78 is 13.4. The largest absolute Gasteiger partial charge is 0.326 e. The highest BCUT2D eigenvalue weighted by Gasteiger charge is 2.25. The third kappa shape index (κ3) is 4.96. The standard InChI is InChI=1S/C18H20ClFN4O/c1-12-21-9-13(10-22-12)11-24-4-2-14(3-5-24)18(25)23-17-7-15(19)6-16(20)8-17/h6-10,14H,2-5,11H2,1H3,(H,23,25). The molecule has 3 rings (SSSR count). The molecular formula is C18H20ClFN4O. The molecule has 1 aromatic carbocycles. The predicted octanol–water partition coefficient (Wildman–Crippen LogP) is 3.43. The van der Waals surface area contributed by atoms with Crippen LogP contribution in [-0.4, -0.2) is 33.9 Å². The van der Waals surface area contributed by atoms with Crippen LogP contribution in [0.3, 0.4) is 0 Å². The second kappa shape index (κ2) is 7.89. The minimum absolute atomic E-state index is 0.0763. The molecule has 1 saturated heterocycles. The zero-order valence-electron chi connectivity index (χ0n) is 14.0. The zero-order chi connectivity index (χ0) is 17.8. The Hall–Kier alpha value is -2.05. The Morgan fingerprint density at radius 2 is 1.96 bits per heavy atom. The molecule has 0 unspecified atom stereocenters. The molecule has 1 N–H and O–H groups in total. The molecule has 1 aliphatic rings. The van der Waals surface area contributed by atoms with Crippen LogP contribution in [-0.2, 0) is 11.3 Å². The Morgan fingerprint density at radius 1 is 1.28 bits per heavy atom. The summed E-state index contributed by atoms with van der Waals surface area (Å²) in [5, 5.41) is 3.03. The summed E-state index contributed by atoms with van der Waals surface area (Å²) in [7, 11) is 0. The zero-order valence-corrected chi connectivity index (χ0v) is 14.8. The molecule has 2 heterocycles. The molecule has 0 atom stereocenters. The summed E-state index contributed by atoms with van der Waals surface area (Å²) in [5.74, 6) is 0.141. The second-order valence-corrected chi connectivity index (χ2v) is 6.77. The van der Waals surface area contributed by atoms with Crippen LogP contribution >= 0.6 is 11.6 Å². The molecule has 132 valence electrons. The van der Waals surface area contributed by atoms with Crippen LogP contribution in [0.25, 0.3) is 0 Å². The smallest absolute Gasteiger partial charge is 0.227 e. The van der Waals surface area contributed by atoms with Crippen LogP contribution in [0.2, 0.25) is 5.02 Å². The normalized spacial score (nSPS) is 16.0. The number of aromatic nitrogens is 2. The van der Waals surface area contributed by atoms with Gasteiger partial charge in [-0.1, -0.05) is 11.6 Å². The van der Waals surface area contributed by atoms with Gasteiger partial charge in [-0.2, -0.15) is 0 Å². The van der Waals surface area contributed by atoms with Crippen LogP contribution in [0.5, 0.6) is 0 Å². The van der Waals surface area contributed by atoms with Crippen molar-refractivity contribution in [2.45, 2.75) is 26.3 Å². The van der Waals surface area contributed by atoms with Gasteiger partial charge in [0.25, 0.3) is 0 Å². The molecule has 1 aromatic heterocycles. The first-order valence-corrected chi connectivity index (χ1v) is 8.64. The van der Waals surface area contributed by atoms with E-state index in [0.717, 1.165) is 43.9 Å². The van der Waals surface area contributed by atoms with E-state index in [0.29, 0.717) is 5.69 Å². The number of hydrogen-bond donors (Lipinski definition) is 1. The number of nitrogens with zero attached hydrogens (tertiary/aromatic N) is 3. The van der Waals surface area contributed by atoms with E-state index in [4.69, 9.17) is 11.6 Å². The van der Waals surface area contributed by atoms with Gasteiger partial charge in [0.2, 0.25) is 5.91 Å². The molecular weight excluding hydrogens is 343 g/mol. The molecule has 0 spiro atoms. The van der Waals surface area contributed by atoms with Crippen molar-refractivity contribution in [3.63, 3.8) is 0 Å². The molecule has 1 amide bonds. The van der Waals surface area contributed by atoms with Gasteiger partial charge in [0, 0.05) is 41.1 Å². The fraction of sp³-hybridized carbons (Fsp3) is 0.389. The number of halogens is 2. The van der Waals surface area contributed by atoms with E-state index >= 15 is 0 Å². The fourth-order valence-electron chi connectivity index (χ4n) is 2.98. The fourth-order valence-corrected chi connectivity index (χ4v) is 3.20. The maximum Gasteiger partial charge on any atom is 0.227 e. The first-order chi connectivity index (χ1) is 12.0. The lowest BCUT2D eigenvalue weighted by Gasteiger charge is -2.31. The maximum absolute atomic E-state index is 13.4. The number of amides is 1. The average Bonchev–Trinajstić information content (AvgIpc) is 2.56. The Balaban J connectivity index is 1.51. The lowest BCUT2D eigenvalue weighted by Crippen LogP contribution is -2.37. The van der Waals surface area contributed by atoms with E-state index in [1.165, 1.54) is 12.1 Å². The van der Waals surface area contributed by atoms with Gasteiger partial charge in [-0.05, 0) is 51.1 Å². The molecule has 1 aliphatic heterocycles. The van der Waals surface area contributed by atoms with Gasteiger partial charge in [0.05, 0.1) is 0 Å². The van der Waals surface area contributed by atoms with Crippen LogP contribution in [0.1, 0.15) is 24.2 Å². The van der Waals surface area contributed by atoms with Gasteiger partial charge in [0.1, 0.15) is 11.6 Å². The van der Waals surface area contributed by atoms with Crippen LogP contribution in [0, 0.1) is 18.7 Å². The van der Waals surface area contributed by atoms with E-state index < -0.39 is 5.82 Å². The van der Waals surface area contributed by atoms with Crippen molar-refractivity contribution in [2.24, 2.45) is 5.92 Å². The highest BCUT2D eigenvalue weighted by Crippen LogP contribution is 2.23. The van der Waals surface area contributed by atoms with Crippen molar-refractivity contribution < 1.29 is 9.18 Å². The minimum Gasteiger partial charge on any atom is -0.326 e. The number of carbonyl (C=O) groups is 1. The lowest BCUT2D eigenvalue weighted by atomic mass is 9.95. The molecule has 1 fully saturated rings. The van der Waals surface area contributed by atoms with Gasteiger partial charge in [-0.3, -0.25) is 9.69 Å². The van der Waals surface area contributed by atoms with Crippen LogP contribution in [0.4, 0.5) is 10.1 Å². The van der Waals surface area contributed by atoms with Crippen LogP contribution < -0.4 is 5.32 Å². The van der Waals surface area contributed by atoms with E-state index in [2.05, 4.69) is 20.2 Å². The number of benzene rings is 1. The number of piperidine rings is 1. The van der Waals surface area contributed by atoms with Gasteiger partial charge in [-0.15, -0.1) is 0 Å². The minimum atomic E-state index is -0.460. The molecule has 0 radical (unpaired) electrons. The highest BCUT2D eigenvalue weighted by atomic mass is 35.5. The molecule has 25 heavy (non-hydrogen) atoms. The average molecular weight is 363 g/mol. The van der Waals surface area contributed by atoms with E-state index in [-0.39, 0.29) is 16.8 Å². The van der Waals surface area contributed by atoms with Crippen molar-refractivity contribution >= 4 is 23.2 Å². The van der Waals surface area contributed by atoms with Gasteiger partial charge < -0.3 is 5.32 Å². The maximum atomic E-state index is 13.4. The first kappa shape index (κ1) is 17.8. The number of aryl methyl sites for hydroxylation is 1. The summed E-state index contributed by atoms with van der Waals surface area (Å²) in [6, 6.07) is 4.04. The molecule has 7 heteroatoms. The molecule has 0 saturated carbocycles. The number of anilines is 1. The number of nitrogens with one attached hydrogen (secondary N) is 1. The summed E-state index contributed by atoms with van der Waals surface area (Å²) in [4.78, 5) is 23.1. The van der Waals surface area contributed by atoms with Crippen molar-refractivity contribution in [1.29, 1.82) is 0 Å². The topological polar surface area (TPSA) is 58.1 Å². The third-order valence-corrected chi connectivity index (χ3v) is 4.55. The lowest BCUT2D eigenvalue weighted by molar-refractivity contribution is -0.121. The van der Waals surface area contributed by atoms with Crippen molar-refractivity contribution in [3.8, 4) is 0 Å². The quantitative estimate of drug-likeness (QED) is 0.905. The Bertz CT molecular complexity index is 725. The van der Waals surface area contributed by atoms with Gasteiger partial charge in [-0.25, -0.2) is 14.4 Å². The number of likely N-dealkylation sites (tertiary alicyclic amines) is 1. The van der Waals surface area contributed by atoms with Crippen LogP contribution in [0.15, 0.2) is 30.6 Å². The van der Waals surface area contributed by atoms with Gasteiger partial charge in [0.15, 0.2) is 0 Å². The Kier molecular flexibility index (Phi) is 5.60. The number of hydrogen-bond acceptors (Lipinski definition) is 4. The molecule has 0 aliphatic carbocycles. The van der Waals surface area contributed by atoms with Gasteiger partial charge >= 0.3 is 0 Å². The van der Waals surface area contributed by atoms with Crippen molar-refractivity contribution in [2.75, 3.05) is 18.4 Å². The Morgan fingerprint density at radius 3 is 2.60 bits per heavy atom. The second-order valence-electron chi connectivity index (χ2n) is 6.34. The Labute approximate surface area is 151 Å². The highest BCUT2D eigenvalue weighted by molar-refractivity contribution is 6.30. The number of rotatable bonds is 4. The SMILES string of the molecule is Cc1ncc(CN2CCC(C(=O)Nc3cc(F)cc(Cl)c3)CC2)cn1. The summed E-state index contributed by atoms with van der Waals surface area (Å²) in [6.07, 6.45) is 5.22. The van der Waals surface area contributed by atoms with E-state index in [1.807, 2.05) is 19.3 Å². The van der Waals surface area contributed by atoms with Crippen molar-refractivity contribution in [3.05, 3.63) is 52.8 Å². The molecule has 5 nitrogen and oxygen atoms in total. The molecule has 0 bridgehead atoms. The monoisotopic (exact) mass is 362 g/mol. The summed E-state index contributed by atoms with van der Waals surface area (Å²) in [6.45, 7) is 4.31. The number of carbonyl (C=O) groups excluding carboxylic acids is 1.